The number of rotatable bonds is 5. The number of thiophene rings is 1. The fourth-order valence-corrected chi connectivity index (χ4v) is 6.79. The molecule has 0 N–H and O–H groups in total. The lowest BCUT2D eigenvalue weighted by atomic mass is 9.95. The monoisotopic (exact) mass is 376 g/mol. The van der Waals surface area contributed by atoms with Crippen LogP contribution >= 0.6 is 23.1 Å². The van der Waals surface area contributed by atoms with Gasteiger partial charge in [0.1, 0.15) is 4.83 Å². The highest BCUT2D eigenvalue weighted by molar-refractivity contribution is 7.99. The average molecular weight is 377 g/mol. The molecule has 2 aliphatic rings. The zero-order chi connectivity index (χ0) is 17.4. The summed E-state index contributed by atoms with van der Waals surface area (Å²) in [5, 5.41) is 1.93. The maximum atomic E-state index is 13.5. The molecule has 1 saturated carbocycles. The van der Waals surface area contributed by atoms with Crippen molar-refractivity contribution in [1.29, 1.82) is 0 Å². The Labute approximate surface area is 158 Å². The lowest BCUT2D eigenvalue weighted by Crippen LogP contribution is -2.29. The highest BCUT2D eigenvalue weighted by Gasteiger charge is 2.26. The molecule has 0 unspecified atom stereocenters. The number of fused-ring (bicyclic) bond motifs is 3. The first-order valence-corrected chi connectivity index (χ1v) is 11.6. The molecule has 2 aliphatic carbocycles. The summed E-state index contributed by atoms with van der Waals surface area (Å²) in [6.45, 7) is 4.52. The van der Waals surface area contributed by atoms with Crippen LogP contribution in [0, 0.1) is 5.92 Å². The van der Waals surface area contributed by atoms with Gasteiger partial charge in [-0.1, -0.05) is 44.9 Å². The molecule has 5 heteroatoms. The maximum absolute atomic E-state index is 13.5. The molecule has 136 valence electrons. The van der Waals surface area contributed by atoms with Crippen molar-refractivity contribution in [2.24, 2.45) is 5.92 Å². The number of aromatic nitrogens is 2. The van der Waals surface area contributed by atoms with Crippen molar-refractivity contribution >= 4 is 33.3 Å². The summed E-state index contributed by atoms with van der Waals surface area (Å²) in [7, 11) is 0. The van der Waals surface area contributed by atoms with Crippen LogP contribution in [0.4, 0.5) is 0 Å². The summed E-state index contributed by atoms with van der Waals surface area (Å²) in [4.78, 5) is 20.9. The van der Waals surface area contributed by atoms with E-state index in [0.29, 0.717) is 12.0 Å². The largest absolute Gasteiger partial charge is 0.284 e. The van der Waals surface area contributed by atoms with Gasteiger partial charge >= 0.3 is 0 Å². The van der Waals surface area contributed by atoms with Crippen molar-refractivity contribution in [1.82, 2.24) is 9.55 Å². The molecule has 0 amide bonds. The van der Waals surface area contributed by atoms with Gasteiger partial charge in [0, 0.05) is 16.7 Å². The third kappa shape index (κ3) is 3.42. The van der Waals surface area contributed by atoms with Crippen molar-refractivity contribution in [2.75, 3.05) is 5.75 Å². The van der Waals surface area contributed by atoms with Gasteiger partial charge < -0.3 is 0 Å². The summed E-state index contributed by atoms with van der Waals surface area (Å²) in [5.74, 6) is 1.74. The molecular weight excluding hydrogens is 348 g/mol. The van der Waals surface area contributed by atoms with E-state index in [1.165, 1.54) is 42.5 Å². The van der Waals surface area contributed by atoms with E-state index in [-0.39, 0.29) is 5.56 Å². The zero-order valence-corrected chi connectivity index (χ0v) is 17.0. The van der Waals surface area contributed by atoms with Crippen LogP contribution < -0.4 is 5.56 Å². The van der Waals surface area contributed by atoms with Gasteiger partial charge in [0.15, 0.2) is 5.16 Å². The van der Waals surface area contributed by atoms with Crippen molar-refractivity contribution in [3.63, 3.8) is 0 Å². The highest BCUT2D eigenvalue weighted by Crippen LogP contribution is 2.37. The van der Waals surface area contributed by atoms with Crippen LogP contribution in [0.5, 0.6) is 0 Å². The second-order valence-electron chi connectivity index (χ2n) is 7.93. The Hall–Kier alpha value is -0.810. The molecule has 1 fully saturated rings. The first-order chi connectivity index (χ1) is 12.1. The smallest absolute Gasteiger partial charge is 0.263 e. The molecule has 2 aromatic rings. The molecule has 0 aliphatic heterocycles. The molecule has 2 heterocycles. The first-order valence-electron chi connectivity index (χ1n) is 9.84. The summed E-state index contributed by atoms with van der Waals surface area (Å²) < 4.78 is 2.10. The SMILES string of the molecule is CC(C)CCSc1nc2sc3c(c2c(=O)n1C1CCCCC1)CCC3. The summed E-state index contributed by atoms with van der Waals surface area (Å²) in [5.41, 5.74) is 1.57. The van der Waals surface area contributed by atoms with E-state index in [1.54, 1.807) is 23.1 Å². The lowest BCUT2D eigenvalue weighted by molar-refractivity contribution is 0.326. The Kier molecular flexibility index (Phi) is 5.23. The molecular formula is C20H28N2OS2. The molecule has 0 saturated heterocycles. The molecule has 0 bridgehead atoms. The first kappa shape index (κ1) is 17.6. The quantitative estimate of drug-likeness (QED) is 0.504. The van der Waals surface area contributed by atoms with Gasteiger partial charge in [0.2, 0.25) is 0 Å². The molecule has 3 nitrogen and oxygen atoms in total. The van der Waals surface area contributed by atoms with E-state index < -0.39 is 0 Å². The van der Waals surface area contributed by atoms with E-state index in [2.05, 4.69) is 18.4 Å². The standard InChI is InChI=1S/C20H28N2OS2/c1-13(2)11-12-24-20-21-18-17(15-9-6-10-16(15)25-18)19(23)22(20)14-7-4-3-5-8-14/h13-14H,3-12H2,1-2H3. The second kappa shape index (κ2) is 7.43. The number of nitrogens with zero attached hydrogens (tertiary/aromatic N) is 2. The van der Waals surface area contributed by atoms with Gasteiger partial charge in [-0.25, -0.2) is 4.98 Å². The van der Waals surface area contributed by atoms with Gasteiger partial charge in [0.25, 0.3) is 5.56 Å². The topological polar surface area (TPSA) is 34.9 Å². The fraction of sp³-hybridized carbons (Fsp3) is 0.700. The Balaban J connectivity index is 1.79. The van der Waals surface area contributed by atoms with Crippen LogP contribution in [0.25, 0.3) is 10.2 Å². The van der Waals surface area contributed by atoms with E-state index >= 15 is 0 Å². The Morgan fingerprint density at radius 2 is 2.00 bits per heavy atom. The van der Waals surface area contributed by atoms with Crippen LogP contribution in [-0.2, 0) is 12.8 Å². The van der Waals surface area contributed by atoms with Gasteiger partial charge in [-0.05, 0) is 50.0 Å². The third-order valence-electron chi connectivity index (χ3n) is 5.60. The fourth-order valence-electron chi connectivity index (χ4n) is 4.19. The molecule has 0 radical (unpaired) electrons. The van der Waals surface area contributed by atoms with Crippen LogP contribution in [0.1, 0.15) is 75.3 Å². The molecule has 2 aromatic heterocycles. The predicted molar refractivity (Wildman–Crippen MR) is 108 cm³/mol. The Bertz CT molecular complexity index is 815. The van der Waals surface area contributed by atoms with Crippen molar-refractivity contribution in [3.05, 3.63) is 20.8 Å². The number of hydrogen-bond acceptors (Lipinski definition) is 4. The van der Waals surface area contributed by atoms with E-state index in [1.807, 2.05) is 0 Å². The van der Waals surface area contributed by atoms with Crippen molar-refractivity contribution < 1.29 is 0 Å². The summed E-state index contributed by atoms with van der Waals surface area (Å²) in [6, 6.07) is 0.358. The van der Waals surface area contributed by atoms with Crippen LogP contribution in [0.2, 0.25) is 0 Å². The lowest BCUT2D eigenvalue weighted by Gasteiger charge is -2.26. The molecule has 0 aromatic carbocycles. The van der Waals surface area contributed by atoms with Gasteiger partial charge in [-0.3, -0.25) is 9.36 Å². The zero-order valence-electron chi connectivity index (χ0n) is 15.3. The van der Waals surface area contributed by atoms with Crippen LogP contribution in [0.3, 0.4) is 0 Å². The molecule has 25 heavy (non-hydrogen) atoms. The summed E-state index contributed by atoms with van der Waals surface area (Å²) in [6.07, 6.45) is 10.6. The second-order valence-corrected chi connectivity index (χ2v) is 10.1. The number of thioether (sulfide) groups is 1. The van der Waals surface area contributed by atoms with Crippen LogP contribution in [-0.4, -0.2) is 15.3 Å². The van der Waals surface area contributed by atoms with Crippen molar-refractivity contribution in [3.8, 4) is 0 Å². The number of aryl methyl sites for hydroxylation is 2. The van der Waals surface area contributed by atoms with E-state index in [0.717, 1.165) is 46.8 Å². The van der Waals surface area contributed by atoms with E-state index in [4.69, 9.17) is 4.98 Å². The number of hydrogen-bond donors (Lipinski definition) is 0. The minimum atomic E-state index is 0.253. The van der Waals surface area contributed by atoms with Crippen LogP contribution in [0.15, 0.2) is 9.95 Å². The van der Waals surface area contributed by atoms with Crippen molar-refractivity contribution in [2.45, 2.75) is 82.8 Å². The normalized spacial score (nSPS) is 18.4. The highest BCUT2D eigenvalue weighted by atomic mass is 32.2. The minimum absolute atomic E-state index is 0.253. The average Bonchev–Trinajstić information content (AvgIpc) is 3.16. The van der Waals surface area contributed by atoms with Gasteiger partial charge in [0.05, 0.1) is 5.39 Å². The minimum Gasteiger partial charge on any atom is -0.284 e. The van der Waals surface area contributed by atoms with Gasteiger partial charge in [-0.15, -0.1) is 11.3 Å². The molecule has 4 rings (SSSR count). The Morgan fingerprint density at radius 3 is 2.76 bits per heavy atom. The third-order valence-corrected chi connectivity index (χ3v) is 7.78. The molecule has 0 spiro atoms. The van der Waals surface area contributed by atoms with Gasteiger partial charge in [-0.2, -0.15) is 0 Å². The predicted octanol–water partition coefficient (Wildman–Crippen LogP) is 5.59. The maximum Gasteiger partial charge on any atom is 0.263 e. The summed E-state index contributed by atoms with van der Waals surface area (Å²) >= 11 is 3.57. The Morgan fingerprint density at radius 1 is 1.20 bits per heavy atom. The van der Waals surface area contributed by atoms with E-state index in [9.17, 15) is 4.79 Å². The molecule has 0 atom stereocenters.